The van der Waals surface area contributed by atoms with E-state index in [0.717, 1.165) is 31.5 Å². The Hall–Kier alpha value is -0.320. The van der Waals surface area contributed by atoms with Gasteiger partial charge in [0.15, 0.2) is 0 Å². The highest BCUT2D eigenvalue weighted by Crippen LogP contribution is 2.30. The SMILES string of the molecule is Cl.Cl.NC(c1ccccc1)C1(O)CCNCC1. The van der Waals surface area contributed by atoms with Crippen LogP contribution >= 0.6 is 24.8 Å². The molecule has 1 unspecified atom stereocenters. The predicted octanol–water partition coefficient (Wildman–Crippen LogP) is 1.64. The van der Waals surface area contributed by atoms with Crippen LogP contribution in [0, 0.1) is 0 Å². The van der Waals surface area contributed by atoms with Crippen molar-refractivity contribution >= 4 is 24.8 Å². The average Bonchev–Trinajstić information content (AvgIpc) is 2.30. The Morgan fingerprint density at radius 1 is 1.12 bits per heavy atom. The first-order chi connectivity index (χ1) is 7.22. The molecule has 1 saturated heterocycles. The van der Waals surface area contributed by atoms with Gasteiger partial charge in [0, 0.05) is 0 Å². The number of nitrogens with two attached hydrogens (primary N) is 1. The van der Waals surface area contributed by atoms with Gasteiger partial charge in [0.25, 0.3) is 0 Å². The molecule has 0 saturated carbocycles. The molecular weight excluding hydrogens is 259 g/mol. The first-order valence-electron chi connectivity index (χ1n) is 5.46. The Bertz CT molecular complexity index is 316. The molecule has 5 heteroatoms. The van der Waals surface area contributed by atoms with Gasteiger partial charge >= 0.3 is 0 Å². The van der Waals surface area contributed by atoms with E-state index in [-0.39, 0.29) is 30.9 Å². The Morgan fingerprint density at radius 2 is 1.65 bits per heavy atom. The van der Waals surface area contributed by atoms with Crippen LogP contribution in [0.4, 0.5) is 0 Å². The van der Waals surface area contributed by atoms with Crippen molar-refractivity contribution in [3.8, 4) is 0 Å². The van der Waals surface area contributed by atoms with E-state index in [1.807, 2.05) is 30.3 Å². The number of hydrogen-bond donors (Lipinski definition) is 3. The summed E-state index contributed by atoms with van der Waals surface area (Å²) in [6.45, 7) is 1.69. The van der Waals surface area contributed by atoms with Crippen molar-refractivity contribution in [2.24, 2.45) is 5.73 Å². The van der Waals surface area contributed by atoms with Crippen LogP contribution < -0.4 is 11.1 Å². The molecule has 0 spiro atoms. The molecule has 17 heavy (non-hydrogen) atoms. The van der Waals surface area contributed by atoms with E-state index in [0.29, 0.717) is 0 Å². The van der Waals surface area contributed by atoms with Crippen molar-refractivity contribution < 1.29 is 5.11 Å². The summed E-state index contributed by atoms with van der Waals surface area (Å²) in [5.74, 6) is 0. The molecule has 3 nitrogen and oxygen atoms in total. The van der Waals surface area contributed by atoms with Crippen LogP contribution in [0.25, 0.3) is 0 Å². The highest BCUT2D eigenvalue weighted by Gasteiger charge is 2.36. The number of hydrogen-bond acceptors (Lipinski definition) is 3. The fourth-order valence-electron chi connectivity index (χ4n) is 2.14. The number of nitrogens with one attached hydrogen (secondary N) is 1. The highest BCUT2D eigenvalue weighted by molar-refractivity contribution is 5.85. The summed E-state index contributed by atoms with van der Waals surface area (Å²) < 4.78 is 0. The minimum absolute atomic E-state index is 0. The maximum Gasteiger partial charge on any atom is 0.0863 e. The summed E-state index contributed by atoms with van der Waals surface area (Å²) in [5.41, 5.74) is 6.40. The summed E-state index contributed by atoms with van der Waals surface area (Å²) in [4.78, 5) is 0. The minimum Gasteiger partial charge on any atom is -0.388 e. The Balaban J connectivity index is 0.00000128. The molecule has 0 amide bonds. The third-order valence-electron chi connectivity index (χ3n) is 3.21. The number of rotatable bonds is 2. The van der Waals surface area contributed by atoms with Gasteiger partial charge in [-0.3, -0.25) is 0 Å². The lowest BCUT2D eigenvalue weighted by atomic mass is 9.82. The van der Waals surface area contributed by atoms with Gasteiger partial charge in [-0.25, -0.2) is 0 Å². The summed E-state index contributed by atoms with van der Waals surface area (Å²) >= 11 is 0. The van der Waals surface area contributed by atoms with Crippen LogP contribution in [0.5, 0.6) is 0 Å². The normalized spacial score (nSPS) is 19.6. The third-order valence-corrected chi connectivity index (χ3v) is 3.21. The molecular formula is C12H20Cl2N2O. The monoisotopic (exact) mass is 278 g/mol. The summed E-state index contributed by atoms with van der Waals surface area (Å²) in [6.07, 6.45) is 1.45. The summed E-state index contributed by atoms with van der Waals surface area (Å²) in [5, 5.41) is 13.7. The maximum atomic E-state index is 10.4. The van der Waals surface area contributed by atoms with Crippen molar-refractivity contribution in [3.63, 3.8) is 0 Å². The zero-order valence-electron chi connectivity index (χ0n) is 9.63. The van der Waals surface area contributed by atoms with Gasteiger partial charge in [-0.15, -0.1) is 24.8 Å². The van der Waals surface area contributed by atoms with Crippen LogP contribution in [-0.4, -0.2) is 23.8 Å². The Kier molecular flexibility index (Phi) is 7.05. The second-order valence-corrected chi connectivity index (χ2v) is 4.24. The Morgan fingerprint density at radius 3 is 2.18 bits per heavy atom. The van der Waals surface area contributed by atoms with Crippen molar-refractivity contribution in [1.29, 1.82) is 0 Å². The molecule has 1 aromatic carbocycles. The molecule has 1 heterocycles. The largest absolute Gasteiger partial charge is 0.388 e. The predicted molar refractivity (Wildman–Crippen MR) is 74.9 cm³/mol. The zero-order valence-corrected chi connectivity index (χ0v) is 11.3. The quantitative estimate of drug-likeness (QED) is 0.771. The molecule has 4 N–H and O–H groups in total. The van der Waals surface area contributed by atoms with E-state index in [4.69, 9.17) is 5.73 Å². The highest BCUT2D eigenvalue weighted by atomic mass is 35.5. The van der Waals surface area contributed by atoms with E-state index in [9.17, 15) is 5.11 Å². The van der Waals surface area contributed by atoms with E-state index in [1.165, 1.54) is 0 Å². The number of piperidine rings is 1. The summed E-state index contributed by atoms with van der Waals surface area (Å²) in [7, 11) is 0. The molecule has 98 valence electrons. The molecule has 1 aliphatic rings. The van der Waals surface area contributed by atoms with Gasteiger partial charge in [-0.2, -0.15) is 0 Å². The first kappa shape index (κ1) is 16.7. The molecule has 0 aliphatic carbocycles. The lowest BCUT2D eigenvalue weighted by Gasteiger charge is -2.37. The topological polar surface area (TPSA) is 58.3 Å². The number of aliphatic hydroxyl groups is 1. The van der Waals surface area contributed by atoms with Crippen LogP contribution in [0.2, 0.25) is 0 Å². The lowest BCUT2D eigenvalue weighted by molar-refractivity contribution is -0.0143. The first-order valence-corrected chi connectivity index (χ1v) is 5.46. The van der Waals surface area contributed by atoms with E-state index < -0.39 is 5.60 Å². The standard InChI is InChI=1S/C12H18N2O.2ClH/c13-11(10-4-2-1-3-5-10)12(15)6-8-14-9-7-12;;/h1-5,11,14-15H,6-9,13H2;2*1H. The lowest BCUT2D eigenvalue weighted by Crippen LogP contribution is -2.49. The van der Waals surface area contributed by atoms with E-state index >= 15 is 0 Å². The van der Waals surface area contributed by atoms with Crippen molar-refractivity contribution in [1.82, 2.24) is 5.32 Å². The Labute approximate surface area is 115 Å². The van der Waals surface area contributed by atoms with Gasteiger partial charge in [-0.1, -0.05) is 30.3 Å². The van der Waals surface area contributed by atoms with E-state index in [1.54, 1.807) is 0 Å². The van der Waals surface area contributed by atoms with Gasteiger partial charge in [0.1, 0.15) is 0 Å². The molecule has 0 bridgehead atoms. The fourth-order valence-corrected chi connectivity index (χ4v) is 2.14. The van der Waals surface area contributed by atoms with E-state index in [2.05, 4.69) is 5.32 Å². The smallest absolute Gasteiger partial charge is 0.0863 e. The van der Waals surface area contributed by atoms with Gasteiger partial charge in [0.2, 0.25) is 0 Å². The zero-order chi connectivity index (χ0) is 10.7. The van der Waals surface area contributed by atoms with Crippen LogP contribution in [0.15, 0.2) is 30.3 Å². The second kappa shape index (κ2) is 7.19. The molecule has 0 aromatic heterocycles. The van der Waals surface area contributed by atoms with Crippen LogP contribution in [0.3, 0.4) is 0 Å². The van der Waals surface area contributed by atoms with Gasteiger partial charge in [-0.05, 0) is 31.5 Å². The molecule has 1 aromatic rings. The van der Waals surface area contributed by atoms with Gasteiger partial charge in [0.05, 0.1) is 11.6 Å². The molecule has 0 radical (unpaired) electrons. The van der Waals surface area contributed by atoms with Crippen molar-refractivity contribution in [2.75, 3.05) is 13.1 Å². The maximum absolute atomic E-state index is 10.4. The minimum atomic E-state index is -0.743. The van der Waals surface area contributed by atoms with Crippen molar-refractivity contribution in [3.05, 3.63) is 35.9 Å². The van der Waals surface area contributed by atoms with Gasteiger partial charge < -0.3 is 16.2 Å². The molecule has 1 aliphatic heterocycles. The molecule has 1 fully saturated rings. The number of halogens is 2. The second-order valence-electron chi connectivity index (χ2n) is 4.24. The third kappa shape index (κ3) is 3.83. The van der Waals surface area contributed by atoms with Crippen LogP contribution in [0.1, 0.15) is 24.4 Å². The van der Waals surface area contributed by atoms with Crippen molar-refractivity contribution in [2.45, 2.75) is 24.5 Å². The average molecular weight is 279 g/mol. The molecule has 2 rings (SSSR count). The fraction of sp³-hybridized carbons (Fsp3) is 0.500. The molecule has 1 atom stereocenters. The van der Waals surface area contributed by atoms with Crippen LogP contribution in [-0.2, 0) is 0 Å². The summed E-state index contributed by atoms with van der Waals surface area (Å²) in [6, 6.07) is 9.55. The number of benzene rings is 1.